The van der Waals surface area contributed by atoms with E-state index in [-0.39, 0.29) is 0 Å². The maximum Gasteiger partial charge on any atom is 0.210 e. The Morgan fingerprint density at radius 3 is 2.82 bits per heavy atom. The zero-order chi connectivity index (χ0) is 14.7. The highest BCUT2D eigenvalue weighted by atomic mass is 15.3. The van der Waals surface area contributed by atoms with Crippen LogP contribution in [0.5, 0.6) is 0 Å². The van der Waals surface area contributed by atoms with Crippen LogP contribution in [0.1, 0.15) is 24.1 Å². The molecule has 2 unspecified atom stereocenters. The molecule has 1 saturated carbocycles. The molecular formula is C18H22N4. The lowest BCUT2D eigenvalue weighted by atomic mass is 9.95. The van der Waals surface area contributed by atoms with E-state index < -0.39 is 0 Å². The summed E-state index contributed by atoms with van der Waals surface area (Å²) in [4.78, 5) is 7.07. The number of anilines is 2. The van der Waals surface area contributed by atoms with Gasteiger partial charge in [0.25, 0.3) is 0 Å². The molecule has 0 amide bonds. The van der Waals surface area contributed by atoms with Gasteiger partial charge < -0.3 is 14.8 Å². The third-order valence-electron chi connectivity index (χ3n) is 5.72. The molecule has 1 saturated heterocycles. The van der Waals surface area contributed by atoms with Crippen LogP contribution < -0.4 is 10.2 Å². The van der Waals surface area contributed by atoms with Crippen molar-refractivity contribution >= 4 is 11.6 Å². The zero-order valence-corrected chi connectivity index (χ0v) is 13.0. The van der Waals surface area contributed by atoms with Gasteiger partial charge in [-0.2, -0.15) is 0 Å². The van der Waals surface area contributed by atoms with E-state index in [1.54, 1.807) is 0 Å². The van der Waals surface area contributed by atoms with Crippen molar-refractivity contribution < 1.29 is 0 Å². The van der Waals surface area contributed by atoms with Crippen LogP contribution in [0.2, 0.25) is 0 Å². The van der Waals surface area contributed by atoms with E-state index in [2.05, 4.69) is 52.2 Å². The van der Waals surface area contributed by atoms with Gasteiger partial charge >= 0.3 is 0 Å². The average molecular weight is 294 g/mol. The summed E-state index contributed by atoms with van der Waals surface area (Å²) in [6.07, 6.45) is 4.71. The Labute approximate surface area is 131 Å². The molecule has 1 aliphatic carbocycles. The first kappa shape index (κ1) is 12.7. The van der Waals surface area contributed by atoms with Crippen molar-refractivity contribution in [3.63, 3.8) is 0 Å². The molecule has 3 aliphatic rings. The van der Waals surface area contributed by atoms with E-state index >= 15 is 0 Å². The summed E-state index contributed by atoms with van der Waals surface area (Å²) in [6.45, 7) is 6.58. The van der Waals surface area contributed by atoms with Crippen LogP contribution in [-0.2, 0) is 12.0 Å². The summed E-state index contributed by atoms with van der Waals surface area (Å²) in [5.41, 5.74) is 4.35. The van der Waals surface area contributed by atoms with Crippen molar-refractivity contribution in [2.45, 2.75) is 31.7 Å². The maximum atomic E-state index is 4.71. The van der Waals surface area contributed by atoms with Crippen LogP contribution >= 0.6 is 0 Å². The second kappa shape index (κ2) is 4.35. The largest absolute Gasteiger partial charge is 0.317 e. The molecule has 3 heterocycles. The van der Waals surface area contributed by atoms with E-state index in [4.69, 9.17) is 4.98 Å². The summed E-state index contributed by atoms with van der Waals surface area (Å²) in [6, 6.07) is 9.27. The third kappa shape index (κ3) is 1.70. The molecule has 22 heavy (non-hydrogen) atoms. The number of rotatable bonds is 2. The van der Waals surface area contributed by atoms with Gasteiger partial charge in [-0.05, 0) is 49.9 Å². The van der Waals surface area contributed by atoms with Gasteiger partial charge in [0.05, 0.1) is 5.69 Å². The van der Waals surface area contributed by atoms with Crippen molar-refractivity contribution in [1.82, 2.24) is 14.9 Å². The first-order valence-electron chi connectivity index (χ1n) is 8.39. The minimum Gasteiger partial charge on any atom is -0.317 e. The number of benzene rings is 1. The van der Waals surface area contributed by atoms with Crippen LogP contribution in [0.15, 0.2) is 30.5 Å². The number of fused-ring (bicyclic) bond motifs is 2. The van der Waals surface area contributed by atoms with Crippen molar-refractivity contribution in [3.05, 3.63) is 41.7 Å². The summed E-state index contributed by atoms with van der Waals surface area (Å²) in [7, 11) is 0. The molecule has 0 spiro atoms. The zero-order valence-electron chi connectivity index (χ0n) is 13.0. The summed E-state index contributed by atoms with van der Waals surface area (Å²) < 4.78 is 2.28. The van der Waals surface area contributed by atoms with Gasteiger partial charge in [0, 0.05) is 36.9 Å². The Hall–Kier alpha value is -1.81. The third-order valence-corrected chi connectivity index (χ3v) is 5.72. The monoisotopic (exact) mass is 294 g/mol. The van der Waals surface area contributed by atoms with Crippen LogP contribution in [0.4, 0.5) is 11.6 Å². The van der Waals surface area contributed by atoms with Crippen molar-refractivity contribution in [1.29, 1.82) is 0 Å². The van der Waals surface area contributed by atoms with Crippen molar-refractivity contribution in [2.75, 3.05) is 24.5 Å². The first-order chi connectivity index (χ1) is 10.8. The molecule has 5 rings (SSSR count). The molecule has 2 fully saturated rings. The smallest absolute Gasteiger partial charge is 0.210 e. The molecule has 1 N–H and O–H groups in total. The molecule has 1 aromatic carbocycles. The Bertz CT molecular complexity index is 717. The number of hydrogen-bond donors (Lipinski definition) is 1. The number of nitrogens with zero attached hydrogens (tertiary/aromatic N) is 3. The second-order valence-corrected chi connectivity index (χ2v) is 7.12. The van der Waals surface area contributed by atoms with Gasteiger partial charge in [-0.3, -0.25) is 0 Å². The minimum atomic E-state index is 0.454. The lowest BCUT2D eigenvalue weighted by Crippen LogP contribution is -2.28. The van der Waals surface area contributed by atoms with Gasteiger partial charge in [-0.25, -0.2) is 4.98 Å². The Morgan fingerprint density at radius 2 is 2.09 bits per heavy atom. The molecular weight excluding hydrogens is 272 g/mol. The highest BCUT2D eigenvalue weighted by Gasteiger charge is 2.57. The Balaban J connectivity index is 1.47. The lowest BCUT2D eigenvalue weighted by molar-refractivity contribution is 0.591. The molecule has 0 bridgehead atoms. The van der Waals surface area contributed by atoms with Crippen molar-refractivity contribution in [2.24, 2.45) is 5.92 Å². The van der Waals surface area contributed by atoms with Crippen LogP contribution in [0.3, 0.4) is 0 Å². The topological polar surface area (TPSA) is 33.1 Å². The minimum absolute atomic E-state index is 0.454. The highest BCUT2D eigenvalue weighted by molar-refractivity contribution is 5.60. The van der Waals surface area contributed by atoms with Crippen LogP contribution in [0, 0.1) is 12.8 Å². The quantitative estimate of drug-likeness (QED) is 0.924. The predicted octanol–water partition coefficient (Wildman–Crippen LogP) is 2.59. The number of aromatic nitrogens is 2. The van der Waals surface area contributed by atoms with E-state index in [1.165, 1.54) is 30.6 Å². The van der Waals surface area contributed by atoms with Crippen molar-refractivity contribution in [3.8, 4) is 0 Å². The van der Waals surface area contributed by atoms with E-state index in [0.717, 1.165) is 37.2 Å². The number of hydrogen-bond acceptors (Lipinski definition) is 3. The Morgan fingerprint density at radius 1 is 1.23 bits per heavy atom. The number of imidazole rings is 1. The normalized spacial score (nSPS) is 29.3. The molecule has 1 aromatic heterocycles. The van der Waals surface area contributed by atoms with Gasteiger partial charge in [0.2, 0.25) is 5.95 Å². The molecule has 0 radical (unpaired) electrons. The molecule has 2 atom stereocenters. The van der Waals surface area contributed by atoms with Gasteiger partial charge in [-0.15, -0.1) is 0 Å². The van der Waals surface area contributed by atoms with Crippen LogP contribution in [0.25, 0.3) is 0 Å². The molecule has 2 aromatic rings. The SMILES string of the molecule is Cc1cn2c(n1)N(c1ccc(C34CNCC3C4)cc1)CCC2. The van der Waals surface area contributed by atoms with E-state index in [1.807, 2.05) is 0 Å². The number of piperidine rings is 1. The average Bonchev–Trinajstić information content (AvgIpc) is 2.90. The van der Waals surface area contributed by atoms with E-state index in [0.29, 0.717) is 5.41 Å². The molecule has 114 valence electrons. The van der Waals surface area contributed by atoms with Crippen LogP contribution in [-0.4, -0.2) is 29.2 Å². The number of nitrogens with one attached hydrogen (secondary N) is 1. The lowest BCUT2D eigenvalue weighted by Gasteiger charge is -2.29. The molecule has 4 nitrogen and oxygen atoms in total. The second-order valence-electron chi connectivity index (χ2n) is 7.12. The number of aryl methyl sites for hydroxylation is 2. The van der Waals surface area contributed by atoms with E-state index in [9.17, 15) is 0 Å². The van der Waals surface area contributed by atoms with Gasteiger partial charge in [0.15, 0.2) is 0 Å². The van der Waals surface area contributed by atoms with Gasteiger partial charge in [0.1, 0.15) is 0 Å². The molecule has 4 heteroatoms. The molecule has 2 aliphatic heterocycles. The summed E-state index contributed by atoms with van der Waals surface area (Å²) in [5.74, 6) is 1.97. The highest BCUT2D eigenvalue weighted by Crippen LogP contribution is 2.56. The first-order valence-corrected chi connectivity index (χ1v) is 8.39. The summed E-state index contributed by atoms with van der Waals surface area (Å²) in [5, 5.41) is 3.53. The van der Waals surface area contributed by atoms with Gasteiger partial charge in [-0.1, -0.05) is 12.1 Å². The standard InChI is InChI=1S/C18H22N4/c1-13-11-21-7-2-8-22(17(21)20-13)16-5-3-14(4-6-16)18-9-15(18)10-19-12-18/h3-6,11,15,19H,2,7-10,12H2,1H3. The fourth-order valence-corrected chi connectivity index (χ4v) is 4.42. The fraction of sp³-hybridized carbons (Fsp3) is 0.500. The predicted molar refractivity (Wildman–Crippen MR) is 87.7 cm³/mol. The summed E-state index contributed by atoms with van der Waals surface area (Å²) >= 11 is 0. The Kier molecular flexibility index (Phi) is 2.51. The fourth-order valence-electron chi connectivity index (χ4n) is 4.42. The maximum absolute atomic E-state index is 4.71.